The van der Waals surface area contributed by atoms with Crippen molar-refractivity contribution in [1.82, 2.24) is 4.98 Å². The van der Waals surface area contributed by atoms with Crippen molar-refractivity contribution < 1.29 is 4.74 Å². The first-order valence-electron chi connectivity index (χ1n) is 5.37. The van der Waals surface area contributed by atoms with Gasteiger partial charge in [0.15, 0.2) is 0 Å². The van der Waals surface area contributed by atoms with Crippen LogP contribution in [0.5, 0.6) is 5.75 Å². The summed E-state index contributed by atoms with van der Waals surface area (Å²) < 4.78 is 5.14. The Labute approximate surface area is 101 Å². The van der Waals surface area contributed by atoms with E-state index in [0.29, 0.717) is 0 Å². The van der Waals surface area contributed by atoms with Crippen molar-refractivity contribution in [3.8, 4) is 17.6 Å². The van der Waals surface area contributed by atoms with Gasteiger partial charge in [-0.05, 0) is 43.2 Å². The molecule has 2 aromatic rings. The largest absolute Gasteiger partial charge is 0.497 e. The molecule has 0 aliphatic rings. The van der Waals surface area contributed by atoms with Gasteiger partial charge < -0.3 is 4.74 Å². The molecule has 17 heavy (non-hydrogen) atoms. The van der Waals surface area contributed by atoms with Gasteiger partial charge in [0.25, 0.3) is 0 Å². The van der Waals surface area contributed by atoms with Gasteiger partial charge in [-0.3, -0.25) is 0 Å². The van der Waals surface area contributed by atoms with Crippen molar-refractivity contribution in [1.29, 1.82) is 0 Å². The lowest BCUT2D eigenvalue weighted by Crippen LogP contribution is -1.85. The topological polar surface area (TPSA) is 22.1 Å². The molecule has 0 fully saturated rings. The summed E-state index contributed by atoms with van der Waals surface area (Å²) in [6, 6.07) is 13.5. The highest BCUT2D eigenvalue weighted by atomic mass is 16.5. The highest BCUT2D eigenvalue weighted by Gasteiger charge is 1.92. The molecule has 0 bridgehead atoms. The first-order chi connectivity index (χ1) is 8.28. The summed E-state index contributed by atoms with van der Waals surface area (Å²) in [5, 5.41) is 0. The molecule has 0 aliphatic carbocycles. The van der Waals surface area contributed by atoms with Gasteiger partial charge in [0.1, 0.15) is 11.4 Å². The van der Waals surface area contributed by atoms with Crippen molar-refractivity contribution in [2.24, 2.45) is 0 Å². The third-order valence-corrected chi connectivity index (χ3v) is 2.29. The van der Waals surface area contributed by atoms with Crippen molar-refractivity contribution in [2.75, 3.05) is 7.11 Å². The van der Waals surface area contributed by atoms with Crippen LogP contribution in [0, 0.1) is 18.8 Å². The van der Waals surface area contributed by atoms with E-state index in [1.54, 1.807) is 7.11 Å². The average molecular weight is 223 g/mol. The molecule has 0 spiro atoms. The molecular weight excluding hydrogens is 210 g/mol. The molecule has 1 aromatic heterocycles. The Kier molecular flexibility index (Phi) is 3.42. The molecule has 0 amide bonds. The van der Waals surface area contributed by atoms with Crippen LogP contribution in [0.4, 0.5) is 0 Å². The molecule has 0 unspecified atom stereocenters. The second-order valence-corrected chi connectivity index (χ2v) is 3.65. The van der Waals surface area contributed by atoms with E-state index < -0.39 is 0 Å². The molecule has 1 aromatic carbocycles. The third kappa shape index (κ3) is 3.09. The molecule has 0 aliphatic heterocycles. The predicted molar refractivity (Wildman–Crippen MR) is 67.9 cm³/mol. The number of hydrogen-bond donors (Lipinski definition) is 0. The van der Waals surface area contributed by atoms with E-state index in [1.165, 1.54) is 0 Å². The van der Waals surface area contributed by atoms with Crippen LogP contribution in [-0.4, -0.2) is 12.1 Å². The number of pyridine rings is 1. The molecule has 84 valence electrons. The highest BCUT2D eigenvalue weighted by molar-refractivity contribution is 5.43. The molecule has 2 rings (SSSR count). The molecule has 2 nitrogen and oxygen atoms in total. The first kappa shape index (κ1) is 11.2. The lowest BCUT2D eigenvalue weighted by Gasteiger charge is -1.98. The van der Waals surface area contributed by atoms with Crippen molar-refractivity contribution in [3.63, 3.8) is 0 Å². The van der Waals surface area contributed by atoms with Gasteiger partial charge in [0.2, 0.25) is 0 Å². The average Bonchev–Trinajstić information content (AvgIpc) is 2.37. The maximum atomic E-state index is 5.14. The fourth-order valence-electron chi connectivity index (χ4n) is 1.45. The number of ether oxygens (including phenoxy) is 1. The van der Waals surface area contributed by atoms with Crippen molar-refractivity contribution >= 4 is 0 Å². The minimum atomic E-state index is 0.785. The van der Waals surface area contributed by atoms with Gasteiger partial charge >= 0.3 is 0 Å². The number of hydrogen-bond acceptors (Lipinski definition) is 2. The number of methoxy groups -OCH3 is 1. The van der Waals surface area contributed by atoms with E-state index in [4.69, 9.17) is 4.74 Å². The zero-order valence-electron chi connectivity index (χ0n) is 9.90. The van der Waals surface area contributed by atoms with E-state index in [-0.39, 0.29) is 0 Å². The highest BCUT2D eigenvalue weighted by Crippen LogP contribution is 2.11. The standard InChI is InChI=1S/C15H13NO/c1-12-5-3-7-14(16-12)10-9-13-6-4-8-15(11-13)17-2/h3-8,11H,1-2H3. The Bertz CT molecular complexity index is 579. The van der Waals surface area contributed by atoms with Crippen LogP contribution < -0.4 is 4.74 Å². The number of aryl methyl sites for hydroxylation is 1. The lowest BCUT2D eigenvalue weighted by atomic mass is 10.2. The van der Waals surface area contributed by atoms with Gasteiger partial charge in [-0.25, -0.2) is 4.98 Å². The van der Waals surface area contributed by atoms with Gasteiger partial charge in [-0.15, -0.1) is 0 Å². The molecule has 0 radical (unpaired) electrons. The molecule has 0 saturated heterocycles. The van der Waals surface area contributed by atoms with Gasteiger partial charge in [-0.2, -0.15) is 0 Å². The van der Waals surface area contributed by atoms with E-state index >= 15 is 0 Å². The zero-order valence-corrected chi connectivity index (χ0v) is 9.90. The molecule has 0 N–H and O–H groups in total. The Morgan fingerprint density at radius 2 is 1.88 bits per heavy atom. The van der Waals surface area contributed by atoms with Gasteiger partial charge in [-0.1, -0.05) is 18.1 Å². The summed E-state index contributed by atoms with van der Waals surface area (Å²) >= 11 is 0. The molecule has 1 heterocycles. The van der Waals surface area contributed by atoms with E-state index in [9.17, 15) is 0 Å². The van der Waals surface area contributed by atoms with E-state index in [0.717, 1.165) is 22.7 Å². The molecule has 2 heteroatoms. The van der Waals surface area contributed by atoms with Crippen LogP contribution in [0.25, 0.3) is 0 Å². The van der Waals surface area contributed by atoms with E-state index in [1.807, 2.05) is 49.4 Å². The summed E-state index contributed by atoms with van der Waals surface area (Å²) in [4.78, 5) is 4.33. The number of aromatic nitrogens is 1. The third-order valence-electron chi connectivity index (χ3n) is 2.29. The maximum absolute atomic E-state index is 5.14. The minimum Gasteiger partial charge on any atom is -0.497 e. The summed E-state index contributed by atoms with van der Waals surface area (Å²) in [6.07, 6.45) is 0. The maximum Gasteiger partial charge on any atom is 0.120 e. The Morgan fingerprint density at radius 1 is 1.06 bits per heavy atom. The van der Waals surface area contributed by atoms with Crippen LogP contribution in [0.1, 0.15) is 17.0 Å². The molecule has 0 saturated carbocycles. The fourth-order valence-corrected chi connectivity index (χ4v) is 1.45. The predicted octanol–water partition coefficient (Wildman–Crippen LogP) is 2.80. The van der Waals surface area contributed by atoms with E-state index in [2.05, 4.69) is 16.8 Å². The lowest BCUT2D eigenvalue weighted by molar-refractivity contribution is 0.414. The SMILES string of the molecule is COc1cccc(C#Cc2cccc(C)n2)c1. The number of benzene rings is 1. The second-order valence-electron chi connectivity index (χ2n) is 3.65. The van der Waals surface area contributed by atoms with Crippen LogP contribution >= 0.6 is 0 Å². The monoisotopic (exact) mass is 223 g/mol. The van der Waals surface area contributed by atoms with Crippen LogP contribution in [0.3, 0.4) is 0 Å². The fraction of sp³-hybridized carbons (Fsp3) is 0.133. The Hall–Kier alpha value is -2.27. The molecular formula is C15H13NO. The van der Waals surface area contributed by atoms with Crippen LogP contribution in [0.2, 0.25) is 0 Å². The quantitative estimate of drug-likeness (QED) is 0.693. The minimum absolute atomic E-state index is 0.785. The zero-order chi connectivity index (χ0) is 12.1. The van der Waals surface area contributed by atoms with Gasteiger partial charge in [0.05, 0.1) is 7.11 Å². The second kappa shape index (κ2) is 5.18. The summed E-state index contributed by atoms with van der Waals surface area (Å²) in [5.74, 6) is 6.92. The van der Waals surface area contributed by atoms with Crippen LogP contribution in [0.15, 0.2) is 42.5 Å². The van der Waals surface area contributed by atoms with Gasteiger partial charge in [0, 0.05) is 11.3 Å². The van der Waals surface area contributed by atoms with Crippen molar-refractivity contribution in [2.45, 2.75) is 6.92 Å². The summed E-state index contributed by atoms with van der Waals surface area (Å²) in [6.45, 7) is 1.96. The summed E-state index contributed by atoms with van der Waals surface area (Å²) in [5.41, 5.74) is 2.68. The normalized spacial score (nSPS) is 9.29. The number of rotatable bonds is 1. The Balaban J connectivity index is 2.26. The smallest absolute Gasteiger partial charge is 0.120 e. The summed E-state index contributed by atoms with van der Waals surface area (Å²) in [7, 11) is 1.65. The molecule has 0 atom stereocenters. The number of nitrogens with zero attached hydrogens (tertiary/aromatic N) is 1. The van der Waals surface area contributed by atoms with Crippen molar-refractivity contribution in [3.05, 3.63) is 59.4 Å². The Morgan fingerprint density at radius 3 is 2.65 bits per heavy atom. The van der Waals surface area contributed by atoms with Crippen LogP contribution in [-0.2, 0) is 0 Å². The first-order valence-corrected chi connectivity index (χ1v) is 5.37.